The van der Waals surface area contributed by atoms with Gasteiger partial charge in [0.25, 0.3) is 5.91 Å². The van der Waals surface area contributed by atoms with E-state index in [1.54, 1.807) is 19.0 Å². The van der Waals surface area contributed by atoms with Crippen molar-refractivity contribution in [3.63, 3.8) is 0 Å². The van der Waals surface area contributed by atoms with Crippen molar-refractivity contribution in [1.29, 1.82) is 0 Å². The lowest BCUT2D eigenvalue weighted by Gasteiger charge is -2.19. The Morgan fingerprint density at radius 2 is 1.63 bits per heavy atom. The first-order chi connectivity index (χ1) is 14.5. The Morgan fingerprint density at radius 3 is 2.17 bits per heavy atom. The van der Waals surface area contributed by atoms with Gasteiger partial charge in [-0.15, -0.1) is 0 Å². The van der Waals surface area contributed by atoms with Crippen LogP contribution in [0.3, 0.4) is 0 Å². The van der Waals surface area contributed by atoms with Gasteiger partial charge in [-0.25, -0.2) is 9.98 Å². The Morgan fingerprint density at radius 1 is 0.967 bits per heavy atom. The number of rotatable bonds is 9. The Kier molecular flexibility index (Phi) is 9.12. The minimum absolute atomic E-state index is 0.00466. The van der Waals surface area contributed by atoms with E-state index in [1.165, 1.54) is 0 Å². The number of benzene rings is 1. The topological polar surface area (TPSA) is 72.9 Å². The first-order valence-corrected chi connectivity index (χ1v) is 10.5. The fraction of sp³-hybridized carbons (Fsp3) is 0.435. The lowest BCUT2D eigenvalue weighted by atomic mass is 10.1. The van der Waals surface area contributed by atoms with Crippen LogP contribution in [-0.2, 0) is 13.1 Å². The van der Waals surface area contributed by atoms with Crippen LogP contribution in [0.15, 0.2) is 47.6 Å². The van der Waals surface area contributed by atoms with Crippen LogP contribution < -0.4 is 15.5 Å². The van der Waals surface area contributed by atoms with Crippen molar-refractivity contribution in [3.8, 4) is 0 Å². The molecule has 0 saturated carbocycles. The normalized spacial score (nSPS) is 11.2. The molecule has 0 atom stereocenters. The maximum absolute atomic E-state index is 12.0. The number of anilines is 1. The first-order valence-electron chi connectivity index (χ1n) is 10.5. The summed E-state index contributed by atoms with van der Waals surface area (Å²) in [4.78, 5) is 25.0. The highest BCUT2D eigenvalue weighted by Gasteiger charge is 2.07. The minimum atomic E-state index is 0.00466. The number of pyridine rings is 1. The van der Waals surface area contributed by atoms with Crippen LogP contribution in [-0.4, -0.2) is 55.5 Å². The van der Waals surface area contributed by atoms with Crippen LogP contribution in [0.2, 0.25) is 0 Å². The van der Waals surface area contributed by atoms with Gasteiger partial charge in [0.2, 0.25) is 0 Å². The van der Waals surface area contributed by atoms with Crippen molar-refractivity contribution >= 4 is 17.7 Å². The standard InChI is InChI=1S/C23H34N6O/c1-6-24-23(26-15-18-9-12-20(13-10-18)22(30)28(4)5)27-17-19-11-14-21(25-16-19)29(7-2)8-3/h9-14,16H,6-8,15,17H2,1-5H3,(H2,24,26,27). The Labute approximate surface area is 180 Å². The number of carbonyl (C=O) groups is 1. The molecule has 30 heavy (non-hydrogen) atoms. The van der Waals surface area contributed by atoms with Crippen LogP contribution in [0.5, 0.6) is 0 Å². The highest BCUT2D eigenvalue weighted by Crippen LogP contribution is 2.11. The van der Waals surface area contributed by atoms with Crippen molar-refractivity contribution in [3.05, 3.63) is 59.3 Å². The molecule has 7 nitrogen and oxygen atoms in total. The van der Waals surface area contributed by atoms with Gasteiger partial charge in [0, 0.05) is 52.0 Å². The molecular formula is C23H34N6O. The molecule has 1 amide bonds. The van der Waals surface area contributed by atoms with Gasteiger partial charge in [-0.05, 0) is 50.1 Å². The van der Waals surface area contributed by atoms with Crippen molar-refractivity contribution in [2.24, 2.45) is 4.99 Å². The van der Waals surface area contributed by atoms with E-state index in [-0.39, 0.29) is 5.91 Å². The number of hydrogen-bond donors (Lipinski definition) is 2. The number of nitrogens with one attached hydrogen (secondary N) is 2. The zero-order valence-electron chi connectivity index (χ0n) is 18.8. The smallest absolute Gasteiger partial charge is 0.253 e. The van der Waals surface area contributed by atoms with Crippen molar-refractivity contribution in [1.82, 2.24) is 20.5 Å². The number of nitrogens with zero attached hydrogens (tertiary/aromatic N) is 4. The molecule has 0 spiro atoms. The van der Waals surface area contributed by atoms with E-state index in [1.807, 2.05) is 37.4 Å². The molecule has 0 aliphatic carbocycles. The molecule has 162 valence electrons. The van der Waals surface area contributed by atoms with Crippen LogP contribution in [0.1, 0.15) is 42.3 Å². The summed E-state index contributed by atoms with van der Waals surface area (Å²) in [6.07, 6.45) is 1.89. The predicted octanol–water partition coefficient (Wildman–Crippen LogP) is 2.88. The predicted molar refractivity (Wildman–Crippen MR) is 124 cm³/mol. The lowest BCUT2D eigenvalue weighted by Crippen LogP contribution is -2.36. The number of carbonyl (C=O) groups excluding carboxylic acids is 1. The molecule has 1 aromatic heterocycles. The van der Waals surface area contributed by atoms with Crippen molar-refractivity contribution in [2.45, 2.75) is 33.9 Å². The Hall–Kier alpha value is -3.09. The molecule has 2 aromatic rings. The lowest BCUT2D eigenvalue weighted by molar-refractivity contribution is 0.0827. The summed E-state index contributed by atoms with van der Waals surface area (Å²) in [5, 5.41) is 6.61. The van der Waals surface area contributed by atoms with Gasteiger partial charge in [0.15, 0.2) is 5.96 Å². The summed E-state index contributed by atoms with van der Waals surface area (Å²) in [7, 11) is 3.51. The average molecular weight is 411 g/mol. The van der Waals surface area contributed by atoms with E-state index in [4.69, 9.17) is 0 Å². The van der Waals surface area contributed by atoms with Gasteiger partial charge in [0.1, 0.15) is 5.82 Å². The molecule has 0 aliphatic rings. The zero-order valence-corrected chi connectivity index (χ0v) is 18.8. The molecule has 0 fully saturated rings. The number of aromatic nitrogens is 1. The summed E-state index contributed by atoms with van der Waals surface area (Å²) < 4.78 is 0. The Bertz CT molecular complexity index is 811. The molecule has 2 N–H and O–H groups in total. The third-order valence-corrected chi connectivity index (χ3v) is 4.73. The maximum Gasteiger partial charge on any atom is 0.253 e. The molecule has 1 aromatic carbocycles. The van der Waals surface area contributed by atoms with E-state index in [0.717, 1.165) is 42.5 Å². The van der Waals surface area contributed by atoms with Gasteiger partial charge >= 0.3 is 0 Å². The molecule has 0 unspecified atom stereocenters. The fourth-order valence-corrected chi connectivity index (χ4v) is 2.97. The first kappa shape index (κ1) is 23.2. The minimum Gasteiger partial charge on any atom is -0.357 e. The van der Waals surface area contributed by atoms with Gasteiger partial charge in [-0.1, -0.05) is 18.2 Å². The second-order valence-electron chi connectivity index (χ2n) is 7.14. The molecule has 1 heterocycles. The quantitative estimate of drug-likeness (QED) is 0.491. The maximum atomic E-state index is 12.0. The van der Waals surface area contributed by atoms with Crippen molar-refractivity contribution < 1.29 is 4.79 Å². The number of guanidine groups is 1. The van der Waals surface area contributed by atoms with E-state index in [0.29, 0.717) is 18.7 Å². The molecule has 7 heteroatoms. The number of aliphatic imine (C=N–C) groups is 1. The van der Waals surface area contributed by atoms with Gasteiger partial charge in [-0.2, -0.15) is 0 Å². The third kappa shape index (κ3) is 6.76. The van der Waals surface area contributed by atoms with Crippen LogP contribution in [0.4, 0.5) is 5.82 Å². The average Bonchev–Trinajstić information content (AvgIpc) is 2.77. The van der Waals surface area contributed by atoms with Crippen LogP contribution >= 0.6 is 0 Å². The van der Waals surface area contributed by atoms with E-state index in [2.05, 4.69) is 51.5 Å². The van der Waals surface area contributed by atoms with Crippen LogP contribution in [0, 0.1) is 0 Å². The molecule has 2 rings (SSSR count). The summed E-state index contributed by atoms with van der Waals surface area (Å²) >= 11 is 0. The van der Waals surface area contributed by atoms with Crippen LogP contribution in [0.25, 0.3) is 0 Å². The molecule has 0 aliphatic heterocycles. The van der Waals surface area contributed by atoms with Gasteiger partial charge in [0.05, 0.1) is 6.54 Å². The third-order valence-electron chi connectivity index (χ3n) is 4.73. The summed E-state index contributed by atoms with van der Waals surface area (Å²) in [6.45, 7) is 10.1. The molecule has 0 bridgehead atoms. The van der Waals surface area contributed by atoms with E-state index >= 15 is 0 Å². The highest BCUT2D eigenvalue weighted by atomic mass is 16.2. The highest BCUT2D eigenvalue weighted by molar-refractivity contribution is 5.93. The second-order valence-corrected chi connectivity index (χ2v) is 7.14. The summed E-state index contributed by atoms with van der Waals surface area (Å²) in [5.74, 6) is 1.75. The summed E-state index contributed by atoms with van der Waals surface area (Å²) in [6, 6.07) is 11.8. The SMILES string of the molecule is CCNC(=NCc1ccc(N(CC)CC)nc1)NCc1ccc(C(=O)N(C)C)cc1. The second kappa shape index (κ2) is 11.8. The summed E-state index contributed by atoms with van der Waals surface area (Å²) in [5.41, 5.74) is 2.83. The Balaban J connectivity index is 1.96. The molecule has 0 saturated heterocycles. The number of hydrogen-bond acceptors (Lipinski definition) is 4. The molecule has 0 radical (unpaired) electrons. The van der Waals surface area contributed by atoms with E-state index < -0.39 is 0 Å². The van der Waals surface area contributed by atoms with E-state index in [9.17, 15) is 4.79 Å². The molecular weight excluding hydrogens is 376 g/mol. The number of amides is 1. The largest absolute Gasteiger partial charge is 0.357 e. The zero-order chi connectivity index (χ0) is 21.9. The van der Waals surface area contributed by atoms with Crippen molar-refractivity contribution in [2.75, 3.05) is 38.6 Å². The fourth-order valence-electron chi connectivity index (χ4n) is 2.97. The monoisotopic (exact) mass is 410 g/mol. The van der Waals surface area contributed by atoms with Gasteiger partial charge in [-0.3, -0.25) is 4.79 Å². The van der Waals surface area contributed by atoms with Gasteiger partial charge < -0.3 is 20.4 Å².